The van der Waals surface area contributed by atoms with E-state index in [1.54, 1.807) is 0 Å². The first-order valence-corrected chi connectivity index (χ1v) is 8.68. The van der Waals surface area contributed by atoms with Crippen molar-refractivity contribution in [2.75, 3.05) is 0 Å². The van der Waals surface area contributed by atoms with Crippen LogP contribution in [0.25, 0.3) is 0 Å². The maximum Gasteiger partial charge on any atom is 0.174 e. The number of carboxylic acids is 1. The van der Waals surface area contributed by atoms with Crippen LogP contribution in [0.4, 0.5) is 0 Å². The van der Waals surface area contributed by atoms with Crippen LogP contribution in [0.2, 0.25) is 0 Å². The fourth-order valence-corrected chi connectivity index (χ4v) is 6.39. The van der Waals surface area contributed by atoms with Gasteiger partial charge in [-0.3, -0.25) is 0 Å². The molecule has 0 amide bonds. The average Bonchev–Trinajstić information content (AvgIpc) is 2.84. The molecule has 0 radical (unpaired) electrons. The normalized spacial score (nSPS) is 57.6. The predicted octanol–water partition coefficient (Wildman–Crippen LogP) is 1.62. The van der Waals surface area contributed by atoms with Gasteiger partial charge in [-0.25, -0.2) is 0 Å². The smallest absolute Gasteiger partial charge is 0.174 e. The molecule has 4 unspecified atom stereocenters. The van der Waals surface area contributed by atoms with Gasteiger partial charge in [0.05, 0.1) is 12.2 Å². The third kappa shape index (κ3) is 1.56. The summed E-state index contributed by atoms with van der Waals surface area (Å²) in [6.45, 7) is 0. The van der Waals surface area contributed by atoms with Gasteiger partial charge in [0.15, 0.2) is 5.79 Å². The highest BCUT2D eigenvalue weighted by atomic mass is 16.8. The molecule has 1 spiro atoms. The first-order valence-electron chi connectivity index (χ1n) is 8.68. The zero-order valence-electron chi connectivity index (χ0n) is 12.4. The molecule has 0 aromatic rings. The van der Waals surface area contributed by atoms with E-state index in [1.807, 2.05) is 0 Å². The summed E-state index contributed by atoms with van der Waals surface area (Å²) in [6.07, 6.45) is 9.64. The van der Waals surface area contributed by atoms with E-state index in [4.69, 9.17) is 9.47 Å². The van der Waals surface area contributed by atoms with Gasteiger partial charge in [0, 0.05) is 23.2 Å². The predicted molar refractivity (Wildman–Crippen MR) is 71.9 cm³/mol. The van der Waals surface area contributed by atoms with Gasteiger partial charge in [0.1, 0.15) is 0 Å². The lowest BCUT2D eigenvalue weighted by Crippen LogP contribution is -2.65. The Balaban J connectivity index is 1.49. The summed E-state index contributed by atoms with van der Waals surface area (Å²) >= 11 is 0. The first-order chi connectivity index (χ1) is 10.1. The number of aliphatic carboxylic acids is 1. The minimum atomic E-state index is -0.827. The lowest BCUT2D eigenvalue weighted by molar-refractivity contribution is -0.350. The summed E-state index contributed by atoms with van der Waals surface area (Å²) in [5.41, 5.74) is -0.581. The molecule has 0 aromatic heterocycles. The highest BCUT2D eigenvalue weighted by Gasteiger charge is 2.67. The minimum absolute atomic E-state index is 0.259. The largest absolute Gasteiger partial charge is 0.550 e. The van der Waals surface area contributed by atoms with Crippen molar-refractivity contribution < 1.29 is 19.4 Å². The van der Waals surface area contributed by atoms with Crippen LogP contribution in [-0.2, 0) is 14.3 Å². The van der Waals surface area contributed by atoms with Gasteiger partial charge in [-0.2, -0.15) is 0 Å². The summed E-state index contributed by atoms with van der Waals surface area (Å²) < 4.78 is 13.0. The Kier molecular flexibility index (Phi) is 2.47. The van der Waals surface area contributed by atoms with Gasteiger partial charge < -0.3 is 19.4 Å². The Morgan fingerprint density at radius 3 is 2.05 bits per heavy atom. The molecule has 1 aliphatic heterocycles. The van der Waals surface area contributed by atoms with E-state index in [0.29, 0.717) is 18.8 Å². The van der Waals surface area contributed by atoms with Gasteiger partial charge in [-0.1, -0.05) is 12.8 Å². The third-order valence-corrected chi connectivity index (χ3v) is 7.07. The van der Waals surface area contributed by atoms with E-state index in [2.05, 4.69) is 0 Å². The lowest BCUT2D eigenvalue weighted by Gasteiger charge is -2.63. The highest BCUT2D eigenvalue weighted by molar-refractivity contribution is 5.73. The van der Waals surface area contributed by atoms with Crippen LogP contribution in [0.3, 0.4) is 0 Å². The summed E-state index contributed by atoms with van der Waals surface area (Å²) in [6, 6.07) is 0. The number of hydrogen-bond donors (Lipinski definition) is 0. The molecule has 1 heterocycles. The number of carbonyl (C=O) groups excluding carboxylic acids is 1. The van der Waals surface area contributed by atoms with Crippen LogP contribution in [0.15, 0.2) is 0 Å². The number of fused-ring (bicyclic) bond motifs is 1. The van der Waals surface area contributed by atoms with E-state index in [9.17, 15) is 9.90 Å². The number of carboxylic acid groups (broad SMARTS) is 1. The van der Waals surface area contributed by atoms with Crippen molar-refractivity contribution in [3.05, 3.63) is 0 Å². The molecular formula is C17H23O4-. The number of rotatable bonds is 1. The Morgan fingerprint density at radius 2 is 1.52 bits per heavy atom. The van der Waals surface area contributed by atoms with Crippen LogP contribution >= 0.6 is 0 Å². The molecule has 5 aliphatic carbocycles. The molecule has 4 bridgehead atoms. The fraction of sp³-hybridized carbons (Fsp3) is 0.941. The molecule has 4 nitrogen and oxygen atoms in total. The van der Waals surface area contributed by atoms with Crippen molar-refractivity contribution in [2.45, 2.75) is 75.8 Å². The summed E-state index contributed by atoms with van der Waals surface area (Å²) in [5, 5.41) is 11.7. The van der Waals surface area contributed by atoms with E-state index in [-0.39, 0.29) is 24.0 Å². The fourth-order valence-electron chi connectivity index (χ4n) is 6.39. The summed E-state index contributed by atoms with van der Waals surface area (Å²) in [7, 11) is 0. The molecule has 116 valence electrons. The molecule has 6 aliphatic rings. The van der Waals surface area contributed by atoms with E-state index >= 15 is 0 Å². The molecule has 0 aromatic carbocycles. The molecule has 4 heteroatoms. The zero-order valence-corrected chi connectivity index (χ0v) is 12.4. The van der Waals surface area contributed by atoms with Crippen molar-refractivity contribution in [1.29, 1.82) is 0 Å². The quantitative estimate of drug-likeness (QED) is 0.736. The van der Waals surface area contributed by atoms with Crippen molar-refractivity contribution in [3.63, 3.8) is 0 Å². The van der Waals surface area contributed by atoms with Crippen molar-refractivity contribution in [3.8, 4) is 0 Å². The van der Waals surface area contributed by atoms with Crippen LogP contribution < -0.4 is 5.11 Å². The van der Waals surface area contributed by atoms with Gasteiger partial charge in [-0.05, 0) is 50.9 Å². The van der Waals surface area contributed by atoms with E-state index in [0.717, 1.165) is 32.1 Å². The minimum Gasteiger partial charge on any atom is -0.550 e. The second kappa shape index (κ2) is 4.02. The summed E-state index contributed by atoms with van der Waals surface area (Å²) in [5.74, 6) is -0.192. The maximum absolute atomic E-state index is 11.7. The van der Waals surface area contributed by atoms with Gasteiger partial charge in [0.2, 0.25) is 0 Å². The average molecular weight is 291 g/mol. The molecule has 5 saturated carbocycles. The molecule has 6 rings (SSSR count). The third-order valence-electron chi connectivity index (χ3n) is 7.07. The SMILES string of the molecule is O=C([O-])C12CC3CC(C1)C1(OC4CCCCC4O1)C(C3)C2. The Bertz CT molecular complexity index is 455. The number of ether oxygens (including phenoxy) is 2. The van der Waals surface area contributed by atoms with Crippen molar-refractivity contribution >= 4 is 5.97 Å². The highest BCUT2D eigenvalue weighted by Crippen LogP contribution is 2.66. The number of carbonyl (C=O) groups is 1. The molecule has 0 N–H and O–H groups in total. The first kappa shape index (κ1) is 12.9. The van der Waals surface area contributed by atoms with Crippen LogP contribution in [0.5, 0.6) is 0 Å². The van der Waals surface area contributed by atoms with Crippen LogP contribution in [-0.4, -0.2) is 24.0 Å². The number of hydrogen-bond acceptors (Lipinski definition) is 4. The van der Waals surface area contributed by atoms with Crippen LogP contribution in [0, 0.1) is 23.2 Å². The van der Waals surface area contributed by atoms with Crippen LogP contribution in [0.1, 0.15) is 57.8 Å². The molecule has 6 fully saturated rings. The van der Waals surface area contributed by atoms with Gasteiger partial charge >= 0.3 is 0 Å². The Labute approximate surface area is 125 Å². The zero-order chi connectivity index (χ0) is 14.2. The second-order valence-corrected chi connectivity index (χ2v) is 8.23. The molecule has 1 saturated heterocycles. The second-order valence-electron chi connectivity index (χ2n) is 8.23. The standard InChI is InChI=1S/C17H24O4/c18-15(19)16-7-10-5-11(8-16)17(12(6-10)9-16)20-13-3-1-2-4-14(13)21-17/h10-14H,1-9H2,(H,18,19)/p-1. The van der Waals surface area contributed by atoms with Gasteiger partial charge in [-0.15, -0.1) is 0 Å². The molecule has 21 heavy (non-hydrogen) atoms. The maximum atomic E-state index is 11.7. The molecule has 4 atom stereocenters. The monoisotopic (exact) mass is 291 g/mol. The topological polar surface area (TPSA) is 58.6 Å². The Hall–Kier alpha value is -0.610. The summed E-state index contributed by atoms with van der Waals surface area (Å²) in [4.78, 5) is 11.7. The van der Waals surface area contributed by atoms with E-state index < -0.39 is 17.2 Å². The van der Waals surface area contributed by atoms with E-state index in [1.165, 1.54) is 12.8 Å². The molecular weight excluding hydrogens is 268 g/mol. The van der Waals surface area contributed by atoms with Crippen molar-refractivity contribution in [2.24, 2.45) is 23.2 Å². The van der Waals surface area contributed by atoms with Crippen molar-refractivity contribution in [1.82, 2.24) is 0 Å². The Morgan fingerprint density at radius 1 is 0.952 bits per heavy atom. The lowest BCUT2D eigenvalue weighted by atomic mass is 9.47. The van der Waals surface area contributed by atoms with Gasteiger partial charge in [0.25, 0.3) is 0 Å².